The second-order valence-electron chi connectivity index (χ2n) is 4.75. The van der Waals surface area contributed by atoms with Crippen molar-refractivity contribution in [2.45, 2.75) is 13.3 Å². The Morgan fingerprint density at radius 3 is 2.82 bits per heavy atom. The van der Waals surface area contributed by atoms with Gasteiger partial charge in [-0.1, -0.05) is 12.1 Å². The van der Waals surface area contributed by atoms with Crippen molar-refractivity contribution in [3.63, 3.8) is 0 Å². The van der Waals surface area contributed by atoms with Gasteiger partial charge in [0.1, 0.15) is 10.8 Å². The molecule has 22 heavy (non-hydrogen) atoms. The molecule has 0 saturated heterocycles. The maximum atomic E-state index is 11.9. The number of rotatable bonds is 7. The second kappa shape index (κ2) is 7.91. The van der Waals surface area contributed by atoms with E-state index in [-0.39, 0.29) is 5.91 Å². The molecule has 0 fully saturated rings. The quantitative estimate of drug-likeness (QED) is 0.796. The molecule has 0 bridgehead atoms. The fourth-order valence-electron chi connectivity index (χ4n) is 2.03. The van der Waals surface area contributed by atoms with E-state index in [0.29, 0.717) is 19.6 Å². The topological polar surface area (TPSA) is 60.5 Å². The average Bonchev–Trinajstić information content (AvgIpc) is 2.88. The molecule has 2 aromatic rings. The van der Waals surface area contributed by atoms with Crippen LogP contribution in [0.5, 0.6) is 5.75 Å². The molecule has 6 heteroatoms. The highest BCUT2D eigenvalue weighted by Gasteiger charge is 2.15. The summed E-state index contributed by atoms with van der Waals surface area (Å²) in [5.41, 5.74) is 1.83. The summed E-state index contributed by atoms with van der Waals surface area (Å²) >= 11 is 1.53. The van der Waals surface area contributed by atoms with Crippen molar-refractivity contribution in [1.82, 2.24) is 10.3 Å². The fraction of sp³-hybridized carbons (Fsp3) is 0.375. The van der Waals surface area contributed by atoms with Crippen LogP contribution in [0.2, 0.25) is 0 Å². The van der Waals surface area contributed by atoms with Crippen LogP contribution in [0.3, 0.4) is 0 Å². The summed E-state index contributed by atoms with van der Waals surface area (Å²) in [7, 11) is 3.25. The van der Waals surface area contributed by atoms with Gasteiger partial charge in [0.15, 0.2) is 0 Å². The molecule has 1 heterocycles. The highest BCUT2D eigenvalue weighted by Crippen LogP contribution is 2.34. The molecule has 0 aliphatic carbocycles. The minimum Gasteiger partial charge on any atom is -0.496 e. The van der Waals surface area contributed by atoms with Gasteiger partial charge in [0, 0.05) is 18.5 Å². The number of nitrogens with one attached hydrogen (secondary N) is 1. The van der Waals surface area contributed by atoms with E-state index < -0.39 is 0 Å². The van der Waals surface area contributed by atoms with E-state index in [1.54, 1.807) is 14.2 Å². The average molecular weight is 320 g/mol. The summed E-state index contributed by atoms with van der Waals surface area (Å²) in [4.78, 5) is 17.4. The Kier molecular flexibility index (Phi) is 5.91. The highest BCUT2D eigenvalue weighted by atomic mass is 32.1. The third-order valence-electron chi connectivity index (χ3n) is 3.18. The number of methoxy groups -OCH3 is 2. The molecule has 0 saturated carbocycles. The summed E-state index contributed by atoms with van der Waals surface area (Å²) < 4.78 is 10.3. The predicted octanol–water partition coefficient (Wildman–Crippen LogP) is 2.43. The highest BCUT2D eigenvalue weighted by molar-refractivity contribution is 7.15. The molecular weight excluding hydrogens is 300 g/mol. The van der Waals surface area contributed by atoms with Gasteiger partial charge in [-0.15, -0.1) is 11.3 Å². The largest absolute Gasteiger partial charge is 0.496 e. The van der Waals surface area contributed by atoms with E-state index in [1.165, 1.54) is 11.3 Å². The first kappa shape index (κ1) is 16.5. The smallest absolute Gasteiger partial charge is 0.225 e. The summed E-state index contributed by atoms with van der Waals surface area (Å²) in [6.45, 7) is 2.96. The lowest BCUT2D eigenvalue weighted by Crippen LogP contribution is -2.28. The lowest BCUT2D eigenvalue weighted by atomic mass is 10.2. The third kappa shape index (κ3) is 4.05. The lowest BCUT2D eigenvalue weighted by molar-refractivity contribution is -0.120. The van der Waals surface area contributed by atoms with E-state index in [9.17, 15) is 4.79 Å². The Hall–Kier alpha value is -1.92. The molecule has 0 radical (unpaired) electrons. The molecule has 1 N–H and O–H groups in total. The summed E-state index contributed by atoms with van der Waals surface area (Å²) in [5, 5.41) is 3.69. The van der Waals surface area contributed by atoms with Gasteiger partial charge in [-0.05, 0) is 19.1 Å². The molecule has 118 valence electrons. The van der Waals surface area contributed by atoms with E-state index in [1.807, 2.05) is 31.2 Å². The number of nitrogens with zero attached hydrogens (tertiary/aromatic N) is 1. The number of ether oxygens (including phenoxy) is 2. The molecule has 0 aliphatic heterocycles. The van der Waals surface area contributed by atoms with Crippen molar-refractivity contribution in [1.29, 1.82) is 0 Å². The number of amides is 1. The summed E-state index contributed by atoms with van der Waals surface area (Å²) in [6, 6.07) is 7.75. The first-order chi connectivity index (χ1) is 10.7. The van der Waals surface area contributed by atoms with Crippen LogP contribution in [0.1, 0.15) is 10.6 Å². The summed E-state index contributed by atoms with van der Waals surface area (Å²) in [5.74, 6) is 0.766. The van der Waals surface area contributed by atoms with Gasteiger partial charge in [-0.3, -0.25) is 4.79 Å². The van der Waals surface area contributed by atoms with Crippen molar-refractivity contribution in [3.05, 3.63) is 34.8 Å². The molecule has 1 aromatic carbocycles. The van der Waals surface area contributed by atoms with Crippen LogP contribution >= 0.6 is 11.3 Å². The second-order valence-corrected chi connectivity index (χ2v) is 5.83. The minimum absolute atomic E-state index is 0.0182. The zero-order chi connectivity index (χ0) is 15.9. The molecule has 0 atom stereocenters. The lowest BCUT2D eigenvalue weighted by Gasteiger charge is -2.04. The monoisotopic (exact) mass is 320 g/mol. The van der Waals surface area contributed by atoms with E-state index >= 15 is 0 Å². The van der Waals surface area contributed by atoms with Gasteiger partial charge in [0.05, 0.1) is 31.4 Å². The number of thiazole rings is 1. The molecule has 1 aromatic heterocycles. The van der Waals surface area contributed by atoms with Gasteiger partial charge in [0.25, 0.3) is 0 Å². The zero-order valence-electron chi connectivity index (χ0n) is 13.0. The van der Waals surface area contributed by atoms with Crippen LogP contribution in [-0.4, -0.2) is 38.3 Å². The molecule has 5 nitrogen and oxygen atoms in total. The number of para-hydroxylation sites is 1. The molecule has 0 unspecified atom stereocenters. The Labute approximate surface area is 134 Å². The number of aromatic nitrogens is 1. The Morgan fingerprint density at radius 1 is 1.32 bits per heavy atom. The standard InChI is InChI=1S/C16H20N2O3S/c1-11-14(10-15(19)17-8-9-20-2)22-16(18-11)12-6-4-5-7-13(12)21-3/h4-7H,8-10H2,1-3H3,(H,17,19). The van der Waals surface area contributed by atoms with Crippen LogP contribution in [0, 0.1) is 6.92 Å². The van der Waals surface area contributed by atoms with Crippen molar-refractivity contribution < 1.29 is 14.3 Å². The molecule has 0 aliphatic rings. The first-order valence-electron chi connectivity index (χ1n) is 7.01. The molecule has 1 amide bonds. The number of hydrogen-bond donors (Lipinski definition) is 1. The van der Waals surface area contributed by atoms with E-state index in [0.717, 1.165) is 26.9 Å². The van der Waals surface area contributed by atoms with Crippen molar-refractivity contribution in [2.75, 3.05) is 27.4 Å². The number of aryl methyl sites for hydroxylation is 1. The third-order valence-corrected chi connectivity index (χ3v) is 4.37. The van der Waals surface area contributed by atoms with E-state index in [2.05, 4.69) is 10.3 Å². The number of benzene rings is 1. The van der Waals surface area contributed by atoms with Gasteiger partial charge in [0.2, 0.25) is 5.91 Å². The summed E-state index contributed by atoms with van der Waals surface area (Å²) in [6.07, 6.45) is 0.336. The van der Waals surface area contributed by atoms with Crippen molar-refractivity contribution in [2.24, 2.45) is 0 Å². The first-order valence-corrected chi connectivity index (χ1v) is 7.82. The van der Waals surface area contributed by atoms with Gasteiger partial charge < -0.3 is 14.8 Å². The van der Waals surface area contributed by atoms with Crippen LogP contribution in [0.15, 0.2) is 24.3 Å². The van der Waals surface area contributed by atoms with E-state index in [4.69, 9.17) is 9.47 Å². The van der Waals surface area contributed by atoms with Crippen LogP contribution < -0.4 is 10.1 Å². The van der Waals surface area contributed by atoms with Crippen LogP contribution in [0.25, 0.3) is 10.6 Å². The van der Waals surface area contributed by atoms with Gasteiger partial charge in [-0.2, -0.15) is 0 Å². The maximum absolute atomic E-state index is 11.9. The molecule has 0 spiro atoms. The van der Waals surface area contributed by atoms with Gasteiger partial charge in [-0.25, -0.2) is 4.98 Å². The minimum atomic E-state index is -0.0182. The number of carbonyl (C=O) groups is 1. The Balaban J connectivity index is 2.13. The Bertz CT molecular complexity index is 640. The number of hydrogen-bond acceptors (Lipinski definition) is 5. The van der Waals surface area contributed by atoms with Crippen LogP contribution in [-0.2, 0) is 16.0 Å². The zero-order valence-corrected chi connectivity index (χ0v) is 13.8. The fourth-order valence-corrected chi connectivity index (χ4v) is 3.12. The molecule has 2 rings (SSSR count). The SMILES string of the molecule is COCCNC(=O)Cc1sc(-c2ccccc2OC)nc1C. The normalized spacial score (nSPS) is 10.5. The molecular formula is C16H20N2O3S. The van der Waals surface area contributed by atoms with Crippen molar-refractivity contribution in [3.8, 4) is 16.3 Å². The predicted molar refractivity (Wildman–Crippen MR) is 87.4 cm³/mol. The van der Waals surface area contributed by atoms with Gasteiger partial charge >= 0.3 is 0 Å². The number of carbonyl (C=O) groups excluding carboxylic acids is 1. The van der Waals surface area contributed by atoms with Crippen molar-refractivity contribution >= 4 is 17.2 Å². The Morgan fingerprint density at radius 2 is 2.09 bits per heavy atom. The van der Waals surface area contributed by atoms with Crippen LogP contribution in [0.4, 0.5) is 0 Å². The maximum Gasteiger partial charge on any atom is 0.225 e.